The second kappa shape index (κ2) is 6.24. The van der Waals surface area contributed by atoms with Crippen LogP contribution in [0.25, 0.3) is 10.6 Å². The van der Waals surface area contributed by atoms with Gasteiger partial charge in [-0.2, -0.15) is 18.3 Å². The number of nitrogens with zero attached hydrogens (tertiary/aromatic N) is 3. The van der Waals surface area contributed by atoms with E-state index < -0.39 is 18.0 Å². The third-order valence-electron chi connectivity index (χ3n) is 3.98. The minimum absolute atomic E-state index is 0.332. The van der Waals surface area contributed by atoms with Crippen LogP contribution in [-0.4, -0.2) is 33.9 Å². The van der Waals surface area contributed by atoms with Gasteiger partial charge in [0.1, 0.15) is 17.6 Å². The average Bonchev–Trinajstić information content (AvgIpc) is 3.07. The van der Waals surface area contributed by atoms with Crippen molar-refractivity contribution in [2.24, 2.45) is 7.05 Å². The number of hydrogen-bond donors (Lipinski definition) is 0. The second-order valence-electron chi connectivity index (χ2n) is 5.75. The van der Waals surface area contributed by atoms with E-state index in [0.29, 0.717) is 30.0 Å². The van der Waals surface area contributed by atoms with Crippen LogP contribution in [0.2, 0.25) is 0 Å². The van der Waals surface area contributed by atoms with Crippen molar-refractivity contribution in [1.82, 2.24) is 14.7 Å². The number of hydrogen-bond acceptors (Lipinski definition) is 3. The van der Waals surface area contributed by atoms with E-state index in [-0.39, 0.29) is 0 Å². The van der Waals surface area contributed by atoms with E-state index in [9.17, 15) is 17.6 Å². The minimum Gasteiger partial charge on any atom is -0.298 e. The highest BCUT2D eigenvalue weighted by Gasteiger charge is 2.35. The molecule has 2 aromatic heterocycles. The molecule has 3 rings (SSSR count). The summed E-state index contributed by atoms with van der Waals surface area (Å²) in [5.74, 6) is 0. The van der Waals surface area contributed by atoms with E-state index in [0.717, 1.165) is 28.7 Å². The summed E-state index contributed by atoms with van der Waals surface area (Å²) in [7, 11) is 1.29. The molecule has 8 heteroatoms. The maximum Gasteiger partial charge on any atom is 0.433 e. The van der Waals surface area contributed by atoms with Crippen molar-refractivity contribution >= 4 is 11.3 Å². The number of likely N-dealkylation sites (tertiary alicyclic amines) is 1. The molecule has 1 saturated heterocycles. The largest absolute Gasteiger partial charge is 0.433 e. The van der Waals surface area contributed by atoms with Crippen molar-refractivity contribution in [2.45, 2.75) is 31.7 Å². The lowest BCUT2D eigenvalue weighted by atomic mass is 10.1. The van der Waals surface area contributed by atoms with Gasteiger partial charge in [0.15, 0.2) is 0 Å². The summed E-state index contributed by atoms with van der Waals surface area (Å²) in [5, 5.41) is 3.96. The van der Waals surface area contributed by atoms with Crippen LogP contribution in [0.1, 0.15) is 23.4 Å². The zero-order valence-corrected chi connectivity index (χ0v) is 13.4. The van der Waals surface area contributed by atoms with Crippen LogP contribution >= 0.6 is 11.3 Å². The average molecular weight is 347 g/mol. The molecule has 3 heterocycles. The molecule has 1 aliphatic heterocycles. The highest BCUT2D eigenvalue weighted by Crippen LogP contribution is 2.34. The van der Waals surface area contributed by atoms with Crippen LogP contribution in [0.4, 0.5) is 17.6 Å². The Morgan fingerprint density at radius 1 is 1.26 bits per heavy atom. The summed E-state index contributed by atoms with van der Waals surface area (Å²) >= 11 is 1.43. The smallest absolute Gasteiger partial charge is 0.298 e. The highest BCUT2D eigenvalue weighted by atomic mass is 32.1. The van der Waals surface area contributed by atoms with Crippen molar-refractivity contribution in [3.05, 3.63) is 28.8 Å². The lowest BCUT2D eigenvalue weighted by molar-refractivity contribution is -0.143. The molecule has 0 amide bonds. The lowest BCUT2D eigenvalue weighted by Gasteiger charge is -2.27. The van der Waals surface area contributed by atoms with Gasteiger partial charge in [-0.1, -0.05) is 0 Å². The Morgan fingerprint density at radius 3 is 2.57 bits per heavy atom. The number of rotatable bonds is 3. The summed E-state index contributed by atoms with van der Waals surface area (Å²) in [6.07, 6.45) is -4.02. The Kier molecular flexibility index (Phi) is 4.46. The van der Waals surface area contributed by atoms with Gasteiger partial charge in [-0.3, -0.25) is 9.58 Å². The SMILES string of the molecule is Cn1nc(-c2ccc(CN3CCC(F)CC3)s2)cc1C(F)(F)F. The fourth-order valence-corrected chi connectivity index (χ4v) is 3.74. The lowest BCUT2D eigenvalue weighted by Crippen LogP contribution is -2.33. The number of piperidine rings is 1. The number of aryl methyl sites for hydroxylation is 1. The first-order valence-electron chi connectivity index (χ1n) is 7.39. The molecule has 2 aromatic rings. The molecule has 0 saturated carbocycles. The zero-order chi connectivity index (χ0) is 16.6. The molecule has 0 unspecified atom stereocenters. The van der Waals surface area contributed by atoms with Crippen molar-refractivity contribution in [3.63, 3.8) is 0 Å². The Balaban J connectivity index is 1.72. The van der Waals surface area contributed by atoms with Gasteiger partial charge >= 0.3 is 6.18 Å². The van der Waals surface area contributed by atoms with Crippen LogP contribution in [0.15, 0.2) is 18.2 Å². The molecule has 23 heavy (non-hydrogen) atoms. The van der Waals surface area contributed by atoms with Crippen molar-refractivity contribution in [2.75, 3.05) is 13.1 Å². The van der Waals surface area contributed by atoms with Crippen LogP contribution in [-0.2, 0) is 19.8 Å². The van der Waals surface area contributed by atoms with Crippen LogP contribution < -0.4 is 0 Å². The van der Waals surface area contributed by atoms with Gasteiger partial charge in [-0.15, -0.1) is 11.3 Å². The number of thiophene rings is 1. The van der Waals surface area contributed by atoms with Gasteiger partial charge in [-0.05, 0) is 31.0 Å². The van der Waals surface area contributed by atoms with Gasteiger partial charge in [0, 0.05) is 31.6 Å². The predicted molar refractivity (Wildman–Crippen MR) is 80.9 cm³/mol. The quantitative estimate of drug-likeness (QED) is 0.780. The van der Waals surface area contributed by atoms with E-state index in [1.165, 1.54) is 18.4 Å². The normalized spacial score (nSPS) is 17.8. The molecule has 0 radical (unpaired) electrons. The maximum absolute atomic E-state index is 13.1. The van der Waals surface area contributed by atoms with Gasteiger partial charge in [0.05, 0.1) is 4.88 Å². The first kappa shape index (κ1) is 16.4. The summed E-state index contributed by atoms with van der Waals surface area (Å²) in [6.45, 7) is 2.14. The highest BCUT2D eigenvalue weighted by molar-refractivity contribution is 7.15. The number of aromatic nitrogens is 2. The molecule has 0 atom stereocenters. The third-order valence-corrected chi connectivity index (χ3v) is 5.07. The topological polar surface area (TPSA) is 21.1 Å². The van der Waals surface area contributed by atoms with E-state index in [2.05, 4.69) is 10.00 Å². The van der Waals surface area contributed by atoms with E-state index in [1.807, 2.05) is 6.07 Å². The molecule has 1 fully saturated rings. The van der Waals surface area contributed by atoms with E-state index in [4.69, 9.17) is 0 Å². The van der Waals surface area contributed by atoms with Gasteiger partial charge in [0.2, 0.25) is 0 Å². The fraction of sp³-hybridized carbons (Fsp3) is 0.533. The summed E-state index contributed by atoms with van der Waals surface area (Å²) < 4.78 is 52.5. The molecule has 1 aliphatic rings. The summed E-state index contributed by atoms with van der Waals surface area (Å²) in [5.41, 5.74) is -0.425. The molecule has 0 N–H and O–H groups in total. The van der Waals surface area contributed by atoms with Gasteiger partial charge < -0.3 is 0 Å². The molecule has 0 spiro atoms. The first-order valence-corrected chi connectivity index (χ1v) is 8.21. The summed E-state index contributed by atoms with van der Waals surface area (Å²) in [6, 6.07) is 4.78. The van der Waals surface area contributed by atoms with Crippen molar-refractivity contribution in [1.29, 1.82) is 0 Å². The van der Waals surface area contributed by atoms with E-state index in [1.54, 1.807) is 6.07 Å². The number of alkyl halides is 4. The van der Waals surface area contributed by atoms with Crippen molar-refractivity contribution < 1.29 is 17.6 Å². The number of halogens is 4. The zero-order valence-electron chi connectivity index (χ0n) is 12.6. The monoisotopic (exact) mass is 347 g/mol. The van der Waals surface area contributed by atoms with Gasteiger partial charge in [-0.25, -0.2) is 4.39 Å². The predicted octanol–water partition coefficient (Wildman–Crippen LogP) is 4.10. The molecule has 0 aromatic carbocycles. The standard InChI is InChI=1S/C15H17F4N3S/c1-21-14(15(17,18)19)8-12(20-21)13-3-2-11(23-13)9-22-6-4-10(16)5-7-22/h2-3,8,10H,4-7,9H2,1H3. The van der Waals surface area contributed by atoms with E-state index >= 15 is 0 Å². The molecule has 0 bridgehead atoms. The summed E-state index contributed by atoms with van der Waals surface area (Å²) in [4.78, 5) is 3.94. The third kappa shape index (κ3) is 3.74. The Morgan fingerprint density at radius 2 is 1.96 bits per heavy atom. The minimum atomic E-state index is -4.41. The maximum atomic E-state index is 13.1. The molecular formula is C15H17F4N3S. The van der Waals surface area contributed by atoms with Crippen LogP contribution in [0.5, 0.6) is 0 Å². The Bertz CT molecular complexity index is 669. The fourth-order valence-electron chi connectivity index (χ4n) is 2.73. The molecule has 0 aliphatic carbocycles. The van der Waals surface area contributed by atoms with Crippen LogP contribution in [0, 0.1) is 0 Å². The molecular weight excluding hydrogens is 330 g/mol. The second-order valence-corrected chi connectivity index (χ2v) is 6.92. The first-order chi connectivity index (χ1) is 10.8. The van der Waals surface area contributed by atoms with Crippen molar-refractivity contribution in [3.8, 4) is 10.6 Å². The Hall–Kier alpha value is -1.41. The molecule has 3 nitrogen and oxygen atoms in total. The molecule has 126 valence electrons. The van der Waals surface area contributed by atoms with Gasteiger partial charge in [0.25, 0.3) is 0 Å². The van der Waals surface area contributed by atoms with Crippen LogP contribution in [0.3, 0.4) is 0 Å². The Labute approximate surface area is 135 Å².